The Morgan fingerprint density at radius 3 is 1.73 bits per heavy atom. The lowest BCUT2D eigenvalue weighted by Gasteiger charge is -2.17. The molecule has 0 spiro atoms. The van der Waals surface area contributed by atoms with Crippen molar-refractivity contribution < 1.29 is 0 Å². The van der Waals surface area contributed by atoms with Gasteiger partial charge in [0.25, 0.3) is 0 Å². The van der Waals surface area contributed by atoms with Crippen molar-refractivity contribution in [3.63, 3.8) is 0 Å². The van der Waals surface area contributed by atoms with E-state index in [-0.39, 0.29) is 0 Å². The summed E-state index contributed by atoms with van der Waals surface area (Å²) in [6.07, 6.45) is 38.7. The lowest BCUT2D eigenvalue weighted by atomic mass is 9.92. The zero-order valence-electron chi connectivity index (χ0n) is 16.4. The van der Waals surface area contributed by atoms with E-state index in [1.54, 1.807) is 0 Å². The second-order valence-corrected chi connectivity index (χ2v) is 7.51. The Morgan fingerprint density at radius 2 is 1.12 bits per heavy atom. The quantitative estimate of drug-likeness (QED) is 0.566. The minimum Gasteiger partial charge on any atom is -0.385 e. The third-order valence-corrected chi connectivity index (χ3v) is 5.30. The molecule has 0 bridgehead atoms. The van der Waals surface area contributed by atoms with Crippen molar-refractivity contribution in [3.8, 4) is 0 Å². The summed E-state index contributed by atoms with van der Waals surface area (Å²) in [7, 11) is 0. The van der Waals surface area contributed by atoms with Gasteiger partial charge in [-0.15, -0.1) is 0 Å². The van der Waals surface area contributed by atoms with Crippen molar-refractivity contribution in [3.05, 3.63) is 72.5 Å². The van der Waals surface area contributed by atoms with Crippen LogP contribution in [0.25, 0.3) is 0 Å². The lowest BCUT2D eigenvalue weighted by Crippen LogP contribution is -2.17. The standard InChI is InChI=1S/C25H37N/c1-2-8-12-16-20-25(21-17-13-9-3-1)26-23-22-24-18-14-10-6-4-5-7-11-15-19-24/h1-3,8-9,12-13,16-17,20-21,24,26H,4-7,10-11,14-15,18-19,22-23H2/b2-1?,3-1?,8-2?,9-3?,12-8+,13-9?,16-12?,17-13-,20-16-,21-17?,25-20?,25-21+. The van der Waals surface area contributed by atoms with Crippen LogP contribution in [0.5, 0.6) is 0 Å². The van der Waals surface area contributed by atoms with Gasteiger partial charge in [0.15, 0.2) is 0 Å². The van der Waals surface area contributed by atoms with Gasteiger partial charge >= 0.3 is 0 Å². The monoisotopic (exact) mass is 351 g/mol. The summed E-state index contributed by atoms with van der Waals surface area (Å²) >= 11 is 0. The van der Waals surface area contributed by atoms with Crippen LogP contribution in [0, 0.1) is 5.92 Å². The van der Waals surface area contributed by atoms with E-state index in [0.29, 0.717) is 0 Å². The van der Waals surface area contributed by atoms with Crippen molar-refractivity contribution in [1.29, 1.82) is 0 Å². The Labute approximate surface area is 161 Å². The van der Waals surface area contributed by atoms with Gasteiger partial charge in [0, 0.05) is 12.2 Å². The first-order valence-electron chi connectivity index (χ1n) is 10.7. The van der Waals surface area contributed by atoms with Gasteiger partial charge in [-0.25, -0.2) is 0 Å². The summed E-state index contributed by atoms with van der Waals surface area (Å²) in [6.45, 7) is 1.08. The molecule has 0 heterocycles. The highest BCUT2D eigenvalue weighted by Gasteiger charge is 2.09. The number of nitrogens with one attached hydrogen (secondary N) is 1. The van der Waals surface area contributed by atoms with Crippen LogP contribution in [0.1, 0.15) is 70.6 Å². The molecule has 2 aliphatic rings. The molecule has 0 unspecified atom stereocenters. The van der Waals surface area contributed by atoms with Crippen molar-refractivity contribution in [1.82, 2.24) is 5.32 Å². The molecule has 1 nitrogen and oxygen atoms in total. The van der Waals surface area contributed by atoms with Crippen molar-refractivity contribution >= 4 is 0 Å². The van der Waals surface area contributed by atoms with E-state index in [1.165, 1.54) is 76.3 Å². The highest BCUT2D eigenvalue weighted by atomic mass is 14.9. The smallest absolute Gasteiger partial charge is 0.0340 e. The molecule has 1 N–H and O–H groups in total. The summed E-state index contributed by atoms with van der Waals surface area (Å²) < 4.78 is 0. The average Bonchev–Trinajstić information content (AvgIpc) is 2.70. The SMILES string of the molecule is C1=C\C=C/C=C(NCCC2CCCCCCCCCC2)\C=C/C=C/C=C1. The van der Waals surface area contributed by atoms with E-state index in [9.17, 15) is 0 Å². The Bertz CT molecular complexity index is 518. The van der Waals surface area contributed by atoms with Gasteiger partial charge in [0.1, 0.15) is 0 Å². The molecule has 2 rings (SSSR count). The molecule has 1 heteroatoms. The zero-order chi connectivity index (χ0) is 18.1. The molecular weight excluding hydrogens is 314 g/mol. The number of hydrogen-bond donors (Lipinski definition) is 1. The van der Waals surface area contributed by atoms with Crippen LogP contribution >= 0.6 is 0 Å². The molecule has 2 aliphatic carbocycles. The van der Waals surface area contributed by atoms with Gasteiger partial charge in [-0.1, -0.05) is 119 Å². The fourth-order valence-corrected chi connectivity index (χ4v) is 3.72. The Morgan fingerprint density at radius 1 is 0.615 bits per heavy atom. The molecular formula is C25H37N. The Kier molecular flexibility index (Phi) is 11.4. The summed E-state index contributed by atoms with van der Waals surface area (Å²) in [5, 5.41) is 3.64. The first-order valence-corrected chi connectivity index (χ1v) is 10.7. The lowest BCUT2D eigenvalue weighted by molar-refractivity contribution is 0.386. The normalized spacial score (nSPS) is 26.4. The maximum absolute atomic E-state index is 3.64. The molecule has 0 radical (unpaired) electrons. The number of allylic oxidation sites excluding steroid dienone is 11. The molecule has 0 atom stereocenters. The van der Waals surface area contributed by atoms with E-state index in [1.807, 2.05) is 6.08 Å². The van der Waals surface area contributed by atoms with Gasteiger partial charge in [0.05, 0.1) is 0 Å². The topological polar surface area (TPSA) is 12.0 Å². The van der Waals surface area contributed by atoms with E-state index in [0.717, 1.165) is 12.5 Å². The summed E-state index contributed by atoms with van der Waals surface area (Å²) in [6, 6.07) is 0. The molecule has 0 aromatic rings. The highest BCUT2D eigenvalue weighted by Crippen LogP contribution is 2.23. The molecule has 0 aromatic carbocycles. The summed E-state index contributed by atoms with van der Waals surface area (Å²) in [4.78, 5) is 0. The highest BCUT2D eigenvalue weighted by molar-refractivity contribution is 5.28. The minimum atomic E-state index is 0.903. The largest absolute Gasteiger partial charge is 0.385 e. The predicted molar refractivity (Wildman–Crippen MR) is 116 cm³/mol. The van der Waals surface area contributed by atoms with Gasteiger partial charge < -0.3 is 5.32 Å². The summed E-state index contributed by atoms with van der Waals surface area (Å²) in [5.41, 5.74) is 1.19. The second-order valence-electron chi connectivity index (χ2n) is 7.51. The maximum atomic E-state index is 3.64. The van der Waals surface area contributed by atoms with Crippen molar-refractivity contribution in [2.45, 2.75) is 70.6 Å². The Balaban J connectivity index is 1.80. The zero-order valence-corrected chi connectivity index (χ0v) is 16.4. The molecule has 0 saturated heterocycles. The predicted octanol–water partition coefficient (Wildman–Crippen LogP) is 7.18. The molecule has 26 heavy (non-hydrogen) atoms. The molecule has 1 saturated carbocycles. The maximum Gasteiger partial charge on any atom is 0.0340 e. The molecule has 0 amide bonds. The fourth-order valence-electron chi connectivity index (χ4n) is 3.72. The van der Waals surface area contributed by atoms with E-state index >= 15 is 0 Å². The van der Waals surface area contributed by atoms with Crippen LogP contribution in [-0.4, -0.2) is 6.54 Å². The van der Waals surface area contributed by atoms with Crippen molar-refractivity contribution in [2.24, 2.45) is 5.92 Å². The second kappa shape index (κ2) is 14.4. The molecule has 1 fully saturated rings. The molecule has 0 aromatic heterocycles. The first-order chi connectivity index (χ1) is 12.9. The Hall–Kier alpha value is -1.76. The third kappa shape index (κ3) is 10.3. The van der Waals surface area contributed by atoms with Gasteiger partial charge in [-0.05, 0) is 24.5 Å². The number of hydrogen-bond acceptors (Lipinski definition) is 1. The van der Waals surface area contributed by atoms with Gasteiger partial charge in [-0.2, -0.15) is 0 Å². The summed E-state index contributed by atoms with van der Waals surface area (Å²) in [5.74, 6) is 0.903. The third-order valence-electron chi connectivity index (χ3n) is 5.30. The van der Waals surface area contributed by atoms with Crippen LogP contribution in [0.15, 0.2) is 72.5 Å². The van der Waals surface area contributed by atoms with Crippen LogP contribution < -0.4 is 5.32 Å². The van der Waals surface area contributed by atoms with Gasteiger partial charge in [-0.3, -0.25) is 0 Å². The van der Waals surface area contributed by atoms with Crippen LogP contribution in [0.2, 0.25) is 0 Å². The molecule has 142 valence electrons. The first kappa shape index (κ1) is 20.6. The average molecular weight is 352 g/mol. The van der Waals surface area contributed by atoms with E-state index < -0.39 is 0 Å². The van der Waals surface area contributed by atoms with Crippen LogP contribution in [-0.2, 0) is 0 Å². The van der Waals surface area contributed by atoms with E-state index in [2.05, 4.69) is 66.1 Å². The fraction of sp³-hybridized carbons (Fsp3) is 0.520. The minimum absolute atomic E-state index is 0.903. The van der Waals surface area contributed by atoms with E-state index in [4.69, 9.17) is 0 Å². The number of rotatable bonds is 4. The van der Waals surface area contributed by atoms with Crippen LogP contribution in [0.4, 0.5) is 0 Å². The molecule has 0 aliphatic heterocycles. The van der Waals surface area contributed by atoms with Gasteiger partial charge in [0.2, 0.25) is 0 Å². The van der Waals surface area contributed by atoms with Crippen LogP contribution in [0.3, 0.4) is 0 Å². The van der Waals surface area contributed by atoms with Crippen molar-refractivity contribution in [2.75, 3.05) is 6.54 Å².